The average molecular weight is 154 g/mol. The molecule has 1 saturated heterocycles. The Hall–Kier alpha value is -1.03. The Morgan fingerprint density at radius 1 is 1.64 bits per heavy atom. The van der Waals surface area contributed by atoms with Crippen molar-refractivity contribution in [2.24, 2.45) is 10.9 Å². The molecular weight excluding hydrogens is 140 g/mol. The summed E-state index contributed by atoms with van der Waals surface area (Å²) in [5.41, 5.74) is 0. The second-order valence-electron chi connectivity index (χ2n) is 2.66. The van der Waals surface area contributed by atoms with Crippen LogP contribution in [-0.4, -0.2) is 42.3 Å². The highest BCUT2D eigenvalue weighted by molar-refractivity contribution is 5.85. The lowest BCUT2D eigenvalue weighted by Gasteiger charge is -2.31. The zero-order valence-corrected chi connectivity index (χ0v) is 6.82. The number of piperazine rings is 1. The first-order valence-electron chi connectivity index (χ1n) is 3.62. The lowest BCUT2D eigenvalue weighted by Crippen LogP contribution is -2.46. The molecule has 0 amide bonds. The molecule has 0 bridgehead atoms. The summed E-state index contributed by atoms with van der Waals surface area (Å²) < 4.78 is 0. The predicted molar refractivity (Wildman–Crippen MR) is 46.0 cm³/mol. The monoisotopic (exact) mass is 154 g/mol. The van der Waals surface area contributed by atoms with Gasteiger partial charge in [0.1, 0.15) is 5.84 Å². The molecule has 0 aliphatic carbocycles. The Balaban J connectivity index is 2.63. The number of hydrogen-bond acceptors (Lipinski definition) is 3. The van der Waals surface area contributed by atoms with Gasteiger partial charge in [-0.05, 0) is 13.2 Å². The third kappa shape index (κ3) is 1.71. The van der Waals surface area contributed by atoms with E-state index in [1.165, 1.54) is 0 Å². The van der Waals surface area contributed by atoms with Gasteiger partial charge in [0.25, 0.3) is 0 Å². The zero-order valence-electron chi connectivity index (χ0n) is 6.82. The van der Waals surface area contributed by atoms with E-state index in [9.17, 15) is 0 Å². The van der Waals surface area contributed by atoms with Gasteiger partial charge in [-0.2, -0.15) is 5.10 Å². The maximum Gasteiger partial charge on any atom is 0.142 e. The number of nitrogens with zero attached hydrogens (tertiary/aromatic N) is 3. The van der Waals surface area contributed by atoms with Crippen LogP contribution in [0.25, 0.3) is 0 Å². The number of nitrogens with two attached hydrogens (primary N) is 1. The molecule has 0 radical (unpaired) electrons. The quantitative estimate of drug-likeness (QED) is 0.415. The van der Waals surface area contributed by atoms with E-state index >= 15 is 0 Å². The lowest BCUT2D eigenvalue weighted by atomic mass is 10.3. The highest BCUT2D eigenvalue weighted by atomic mass is 15.3. The maximum absolute atomic E-state index is 5.20. The van der Waals surface area contributed by atoms with Crippen molar-refractivity contribution in [3.05, 3.63) is 12.8 Å². The molecule has 4 heteroatoms. The molecule has 62 valence electrons. The van der Waals surface area contributed by atoms with E-state index in [1.54, 1.807) is 6.20 Å². The number of rotatable bonds is 1. The van der Waals surface area contributed by atoms with Crippen LogP contribution in [0.15, 0.2) is 17.9 Å². The summed E-state index contributed by atoms with van der Waals surface area (Å²) in [5, 5.41) is 3.68. The SMILES string of the molecule is C=CN1CCN(C)C/C1=N/N. The zero-order chi connectivity index (χ0) is 8.27. The Morgan fingerprint density at radius 3 is 2.91 bits per heavy atom. The first-order valence-corrected chi connectivity index (χ1v) is 3.62. The van der Waals surface area contributed by atoms with Crippen LogP contribution >= 0.6 is 0 Å². The van der Waals surface area contributed by atoms with E-state index in [2.05, 4.69) is 16.6 Å². The Bertz CT molecular complexity index is 175. The molecule has 1 fully saturated rings. The minimum Gasteiger partial charge on any atom is -0.333 e. The van der Waals surface area contributed by atoms with Gasteiger partial charge in [0.05, 0.1) is 6.54 Å². The van der Waals surface area contributed by atoms with Crippen LogP contribution in [0.1, 0.15) is 0 Å². The third-order valence-electron chi connectivity index (χ3n) is 1.83. The van der Waals surface area contributed by atoms with E-state index in [1.807, 2.05) is 11.9 Å². The molecule has 0 atom stereocenters. The van der Waals surface area contributed by atoms with Crippen LogP contribution in [0.4, 0.5) is 0 Å². The molecule has 0 saturated carbocycles. The van der Waals surface area contributed by atoms with Crippen molar-refractivity contribution >= 4 is 5.84 Å². The smallest absolute Gasteiger partial charge is 0.142 e. The van der Waals surface area contributed by atoms with Gasteiger partial charge < -0.3 is 10.7 Å². The van der Waals surface area contributed by atoms with Gasteiger partial charge in [0, 0.05) is 13.1 Å². The predicted octanol–water partition coefficient (Wildman–Crippen LogP) is -0.350. The van der Waals surface area contributed by atoms with E-state index in [0.717, 1.165) is 25.5 Å². The fourth-order valence-electron chi connectivity index (χ4n) is 1.13. The summed E-state index contributed by atoms with van der Waals surface area (Å²) in [6, 6.07) is 0. The van der Waals surface area contributed by atoms with Gasteiger partial charge in [-0.1, -0.05) is 6.58 Å². The van der Waals surface area contributed by atoms with Crippen molar-refractivity contribution in [2.45, 2.75) is 0 Å². The Labute approximate surface area is 67.0 Å². The second-order valence-corrected chi connectivity index (χ2v) is 2.66. The molecule has 0 unspecified atom stereocenters. The van der Waals surface area contributed by atoms with Crippen LogP contribution < -0.4 is 5.84 Å². The van der Waals surface area contributed by atoms with Crippen molar-refractivity contribution in [1.82, 2.24) is 9.80 Å². The largest absolute Gasteiger partial charge is 0.333 e. The molecule has 1 aliphatic heterocycles. The number of hydrogen-bond donors (Lipinski definition) is 1. The van der Waals surface area contributed by atoms with Crippen molar-refractivity contribution in [2.75, 3.05) is 26.7 Å². The molecule has 4 nitrogen and oxygen atoms in total. The summed E-state index contributed by atoms with van der Waals surface area (Å²) >= 11 is 0. The molecule has 2 N–H and O–H groups in total. The number of likely N-dealkylation sites (N-methyl/N-ethyl adjacent to an activating group) is 1. The molecular formula is C7H14N4. The molecule has 0 spiro atoms. The fraction of sp³-hybridized carbons (Fsp3) is 0.571. The molecule has 1 heterocycles. The van der Waals surface area contributed by atoms with Gasteiger partial charge >= 0.3 is 0 Å². The Kier molecular flexibility index (Phi) is 2.48. The van der Waals surface area contributed by atoms with Crippen molar-refractivity contribution in [1.29, 1.82) is 0 Å². The molecule has 1 rings (SSSR count). The molecule has 1 aliphatic rings. The summed E-state index contributed by atoms with van der Waals surface area (Å²) in [7, 11) is 2.05. The lowest BCUT2D eigenvalue weighted by molar-refractivity contribution is 0.301. The topological polar surface area (TPSA) is 44.9 Å². The number of hydrazone groups is 1. The van der Waals surface area contributed by atoms with Crippen molar-refractivity contribution in [3.63, 3.8) is 0 Å². The van der Waals surface area contributed by atoms with Gasteiger partial charge in [0.2, 0.25) is 0 Å². The van der Waals surface area contributed by atoms with E-state index < -0.39 is 0 Å². The van der Waals surface area contributed by atoms with Crippen molar-refractivity contribution < 1.29 is 0 Å². The summed E-state index contributed by atoms with van der Waals surface area (Å²) in [6.07, 6.45) is 1.76. The molecule has 0 aromatic rings. The normalized spacial score (nSPS) is 24.1. The third-order valence-corrected chi connectivity index (χ3v) is 1.83. The van der Waals surface area contributed by atoms with Gasteiger partial charge in [-0.15, -0.1) is 0 Å². The average Bonchev–Trinajstić information content (AvgIpc) is 2.04. The highest BCUT2D eigenvalue weighted by Gasteiger charge is 2.16. The minimum atomic E-state index is 0.808. The van der Waals surface area contributed by atoms with Gasteiger partial charge in [-0.25, -0.2) is 0 Å². The molecule has 0 aromatic carbocycles. The van der Waals surface area contributed by atoms with Crippen LogP contribution in [0.2, 0.25) is 0 Å². The summed E-state index contributed by atoms with van der Waals surface area (Å²) in [4.78, 5) is 4.14. The van der Waals surface area contributed by atoms with Crippen molar-refractivity contribution in [3.8, 4) is 0 Å². The molecule has 0 aromatic heterocycles. The van der Waals surface area contributed by atoms with Crippen LogP contribution in [0, 0.1) is 0 Å². The van der Waals surface area contributed by atoms with Gasteiger partial charge in [0.15, 0.2) is 0 Å². The first-order chi connectivity index (χ1) is 5.27. The van der Waals surface area contributed by atoms with E-state index in [-0.39, 0.29) is 0 Å². The number of amidine groups is 1. The maximum atomic E-state index is 5.20. The van der Waals surface area contributed by atoms with Crippen LogP contribution in [0.3, 0.4) is 0 Å². The first kappa shape index (κ1) is 8.07. The van der Waals surface area contributed by atoms with E-state index in [4.69, 9.17) is 5.84 Å². The standard InChI is InChI=1S/C7H14N4/c1-3-11-5-4-10(2)6-7(11)9-8/h3H,1,4-6,8H2,2H3/b9-7-. The second kappa shape index (κ2) is 3.39. The summed E-state index contributed by atoms with van der Waals surface area (Å²) in [5.74, 6) is 6.09. The Morgan fingerprint density at radius 2 is 2.36 bits per heavy atom. The molecule has 11 heavy (non-hydrogen) atoms. The van der Waals surface area contributed by atoms with Gasteiger partial charge in [-0.3, -0.25) is 4.90 Å². The minimum absolute atomic E-state index is 0.808. The van der Waals surface area contributed by atoms with Crippen LogP contribution in [0.5, 0.6) is 0 Å². The summed E-state index contributed by atoms with van der Waals surface area (Å²) in [6.45, 7) is 6.45. The highest BCUT2D eigenvalue weighted by Crippen LogP contribution is 2.01. The van der Waals surface area contributed by atoms with Crippen LogP contribution in [-0.2, 0) is 0 Å². The fourth-order valence-corrected chi connectivity index (χ4v) is 1.13. The van der Waals surface area contributed by atoms with E-state index in [0.29, 0.717) is 0 Å².